The van der Waals surface area contributed by atoms with E-state index in [2.05, 4.69) is 46.5 Å². The minimum absolute atomic E-state index is 0.169. The fourth-order valence-electron chi connectivity index (χ4n) is 3.14. The van der Waals surface area contributed by atoms with E-state index in [1.54, 1.807) is 0 Å². The van der Waals surface area contributed by atoms with E-state index < -0.39 is 0 Å². The van der Waals surface area contributed by atoms with Crippen LogP contribution in [-0.2, 0) is 4.79 Å². The molecule has 0 aliphatic heterocycles. The van der Waals surface area contributed by atoms with E-state index in [-0.39, 0.29) is 16.7 Å². The second kappa shape index (κ2) is 6.60. The highest BCUT2D eigenvalue weighted by molar-refractivity contribution is 5.55. The lowest BCUT2D eigenvalue weighted by atomic mass is 9.74. The van der Waals surface area contributed by atoms with Crippen molar-refractivity contribution in [2.45, 2.75) is 73.1 Å². The van der Waals surface area contributed by atoms with Crippen LogP contribution in [0.2, 0.25) is 0 Å². The van der Waals surface area contributed by atoms with Crippen LogP contribution in [0.1, 0.15) is 73.1 Å². The maximum Gasteiger partial charge on any atom is 0.123 e. The number of aldehydes is 1. The zero-order valence-corrected chi connectivity index (χ0v) is 13.4. The zero-order chi connectivity index (χ0) is 14.5. The largest absolute Gasteiger partial charge is 0.303 e. The van der Waals surface area contributed by atoms with Crippen LogP contribution in [0, 0.1) is 34.5 Å². The van der Waals surface area contributed by atoms with Gasteiger partial charge >= 0.3 is 0 Å². The molecule has 1 aliphatic carbocycles. The van der Waals surface area contributed by atoms with Crippen molar-refractivity contribution >= 4 is 6.29 Å². The van der Waals surface area contributed by atoms with Gasteiger partial charge in [-0.1, -0.05) is 33.6 Å². The summed E-state index contributed by atoms with van der Waals surface area (Å²) >= 11 is 0. The van der Waals surface area contributed by atoms with Gasteiger partial charge in [0.2, 0.25) is 0 Å². The van der Waals surface area contributed by atoms with Crippen LogP contribution >= 0.6 is 0 Å². The Bertz CT molecular complexity index is 352. The van der Waals surface area contributed by atoms with Crippen molar-refractivity contribution in [1.29, 1.82) is 0 Å². The smallest absolute Gasteiger partial charge is 0.123 e. The second-order valence-electron chi connectivity index (χ2n) is 6.95. The topological polar surface area (TPSA) is 17.1 Å². The Kier molecular flexibility index (Phi) is 5.65. The number of carbonyl (C=O) groups excluding carboxylic acids is 1. The maximum absolute atomic E-state index is 11.1. The van der Waals surface area contributed by atoms with Gasteiger partial charge in [0, 0.05) is 17.8 Å². The van der Waals surface area contributed by atoms with E-state index in [0.29, 0.717) is 5.92 Å². The molecule has 1 aliphatic rings. The van der Waals surface area contributed by atoms with Crippen LogP contribution in [0.15, 0.2) is 0 Å². The molecule has 0 bridgehead atoms. The van der Waals surface area contributed by atoms with Crippen LogP contribution in [-0.4, -0.2) is 6.29 Å². The van der Waals surface area contributed by atoms with E-state index in [1.807, 2.05) is 0 Å². The standard InChI is InChI=1S/C18H30O/c1-6-18(5,7-2)13-9-8-10-15-11-12-16(14-19)17(15,3)4/h14-16H,6-8,10-12H2,1-5H3/t15-,16-/m0/s1. The average molecular weight is 262 g/mol. The first kappa shape index (κ1) is 16.3. The average Bonchev–Trinajstić information content (AvgIpc) is 2.69. The summed E-state index contributed by atoms with van der Waals surface area (Å²) in [5, 5.41) is 0. The third-order valence-corrected chi connectivity index (χ3v) is 5.57. The fraction of sp³-hybridized carbons (Fsp3) is 0.833. The van der Waals surface area contributed by atoms with Crippen molar-refractivity contribution in [2.75, 3.05) is 0 Å². The molecule has 0 aromatic rings. The Hall–Kier alpha value is -0.770. The van der Waals surface area contributed by atoms with Crippen molar-refractivity contribution in [3.05, 3.63) is 0 Å². The van der Waals surface area contributed by atoms with Gasteiger partial charge in [-0.25, -0.2) is 0 Å². The summed E-state index contributed by atoms with van der Waals surface area (Å²) < 4.78 is 0. The van der Waals surface area contributed by atoms with E-state index in [9.17, 15) is 4.79 Å². The van der Waals surface area contributed by atoms with Gasteiger partial charge < -0.3 is 4.79 Å². The van der Waals surface area contributed by atoms with Gasteiger partial charge in [-0.2, -0.15) is 0 Å². The maximum atomic E-state index is 11.1. The Morgan fingerprint density at radius 3 is 2.37 bits per heavy atom. The number of rotatable bonds is 5. The molecule has 19 heavy (non-hydrogen) atoms. The minimum Gasteiger partial charge on any atom is -0.303 e. The molecule has 0 aromatic carbocycles. The molecule has 1 heteroatoms. The molecule has 0 heterocycles. The fourth-order valence-corrected chi connectivity index (χ4v) is 3.14. The van der Waals surface area contributed by atoms with Crippen molar-refractivity contribution < 1.29 is 4.79 Å². The number of hydrogen-bond donors (Lipinski definition) is 0. The van der Waals surface area contributed by atoms with Gasteiger partial charge in [-0.05, 0) is 50.4 Å². The molecule has 108 valence electrons. The molecule has 1 saturated carbocycles. The third-order valence-electron chi connectivity index (χ3n) is 5.57. The highest BCUT2D eigenvalue weighted by Crippen LogP contribution is 2.48. The molecular weight excluding hydrogens is 232 g/mol. The molecular formula is C18H30O. The lowest BCUT2D eigenvalue weighted by molar-refractivity contribution is -0.113. The van der Waals surface area contributed by atoms with Crippen molar-refractivity contribution in [3.63, 3.8) is 0 Å². The Morgan fingerprint density at radius 2 is 1.89 bits per heavy atom. The first-order chi connectivity index (χ1) is 8.89. The van der Waals surface area contributed by atoms with Crippen LogP contribution in [0.4, 0.5) is 0 Å². The first-order valence-corrected chi connectivity index (χ1v) is 7.85. The summed E-state index contributed by atoms with van der Waals surface area (Å²) in [6.45, 7) is 11.2. The SMILES string of the molecule is CCC(C)(C#CCC[C@H]1CC[C@@H](C=O)C1(C)C)CC. The Morgan fingerprint density at radius 1 is 1.26 bits per heavy atom. The van der Waals surface area contributed by atoms with Crippen molar-refractivity contribution in [2.24, 2.45) is 22.7 Å². The monoisotopic (exact) mass is 262 g/mol. The van der Waals surface area contributed by atoms with Gasteiger partial charge in [0.25, 0.3) is 0 Å². The van der Waals surface area contributed by atoms with Gasteiger partial charge in [0.05, 0.1) is 0 Å². The third kappa shape index (κ3) is 3.85. The van der Waals surface area contributed by atoms with Crippen LogP contribution < -0.4 is 0 Å². The summed E-state index contributed by atoms with van der Waals surface area (Å²) in [6.07, 6.45) is 7.80. The molecule has 1 nitrogen and oxygen atoms in total. The zero-order valence-electron chi connectivity index (χ0n) is 13.4. The van der Waals surface area contributed by atoms with Crippen LogP contribution in [0.25, 0.3) is 0 Å². The molecule has 1 fully saturated rings. The van der Waals surface area contributed by atoms with Gasteiger partial charge in [-0.3, -0.25) is 0 Å². The van der Waals surface area contributed by atoms with E-state index in [1.165, 1.54) is 6.42 Å². The second-order valence-corrected chi connectivity index (χ2v) is 6.95. The van der Waals surface area contributed by atoms with E-state index in [4.69, 9.17) is 0 Å². The van der Waals surface area contributed by atoms with Gasteiger partial charge in [0.15, 0.2) is 0 Å². The highest BCUT2D eigenvalue weighted by Gasteiger charge is 2.42. The summed E-state index contributed by atoms with van der Waals surface area (Å²) in [4.78, 5) is 11.1. The van der Waals surface area contributed by atoms with Crippen LogP contribution in [0.5, 0.6) is 0 Å². The van der Waals surface area contributed by atoms with Crippen molar-refractivity contribution in [1.82, 2.24) is 0 Å². The summed E-state index contributed by atoms with van der Waals surface area (Å²) in [5.74, 6) is 7.75. The predicted octanol–water partition coefficient (Wildman–Crippen LogP) is 4.85. The lowest BCUT2D eigenvalue weighted by Crippen LogP contribution is -2.25. The van der Waals surface area contributed by atoms with Gasteiger partial charge in [0.1, 0.15) is 6.29 Å². The molecule has 0 N–H and O–H groups in total. The van der Waals surface area contributed by atoms with E-state index in [0.717, 1.165) is 38.4 Å². The first-order valence-electron chi connectivity index (χ1n) is 7.85. The summed E-state index contributed by atoms with van der Waals surface area (Å²) in [5.41, 5.74) is 0.360. The lowest BCUT2D eigenvalue weighted by Gasteiger charge is -2.30. The normalized spacial score (nSPS) is 25.7. The molecule has 0 aromatic heterocycles. The molecule has 0 saturated heterocycles. The highest BCUT2D eigenvalue weighted by atomic mass is 16.1. The molecule has 0 spiro atoms. The molecule has 0 radical (unpaired) electrons. The Labute approximate surface area is 119 Å². The number of hydrogen-bond acceptors (Lipinski definition) is 1. The molecule has 1 rings (SSSR count). The van der Waals surface area contributed by atoms with E-state index >= 15 is 0 Å². The van der Waals surface area contributed by atoms with Crippen LogP contribution in [0.3, 0.4) is 0 Å². The molecule has 0 amide bonds. The minimum atomic E-state index is 0.169. The summed E-state index contributed by atoms with van der Waals surface area (Å²) in [7, 11) is 0. The predicted molar refractivity (Wildman–Crippen MR) is 81.8 cm³/mol. The number of carbonyl (C=O) groups is 1. The Balaban J connectivity index is 2.51. The summed E-state index contributed by atoms with van der Waals surface area (Å²) in [6, 6.07) is 0. The quantitative estimate of drug-likeness (QED) is 0.511. The molecule has 0 unspecified atom stereocenters. The molecule has 2 atom stereocenters. The van der Waals surface area contributed by atoms with Gasteiger partial charge in [-0.15, -0.1) is 5.92 Å². The van der Waals surface area contributed by atoms with Crippen molar-refractivity contribution in [3.8, 4) is 11.8 Å².